The number of nitrogens with zero attached hydrogens (tertiary/aromatic N) is 3. The molecule has 0 aromatic carbocycles. The first kappa shape index (κ1) is 13.0. The lowest BCUT2D eigenvalue weighted by molar-refractivity contribution is 0.472. The van der Waals surface area contributed by atoms with Crippen molar-refractivity contribution in [3.8, 4) is 0 Å². The van der Waals surface area contributed by atoms with Crippen molar-refractivity contribution >= 4 is 26.0 Å². The fourth-order valence-corrected chi connectivity index (χ4v) is 4.00. The molecule has 0 aliphatic heterocycles. The van der Waals surface area contributed by atoms with Crippen molar-refractivity contribution in [2.45, 2.75) is 31.2 Å². The Morgan fingerprint density at radius 3 is 2.59 bits per heavy atom. The molecule has 0 bridgehead atoms. The van der Waals surface area contributed by atoms with Crippen LogP contribution in [0.2, 0.25) is 0 Å². The molecule has 0 unspecified atom stereocenters. The highest BCUT2D eigenvalue weighted by atomic mass is 79.9. The van der Waals surface area contributed by atoms with Gasteiger partial charge in [-0.2, -0.15) is 0 Å². The van der Waals surface area contributed by atoms with Crippen LogP contribution in [0, 0.1) is 5.41 Å². The Balaban J connectivity index is 2.15. The Kier molecular flexibility index (Phi) is 3.30. The molecule has 1 heterocycles. The van der Waals surface area contributed by atoms with Crippen LogP contribution in [-0.2, 0) is 17.1 Å². The van der Waals surface area contributed by atoms with E-state index >= 15 is 0 Å². The number of sulfonamides is 1. The lowest BCUT2D eigenvalue weighted by Crippen LogP contribution is -2.31. The molecule has 0 atom stereocenters. The van der Waals surface area contributed by atoms with Gasteiger partial charge in [0.05, 0.1) is 0 Å². The molecule has 0 radical (unpaired) electrons. The van der Waals surface area contributed by atoms with Gasteiger partial charge in [0.25, 0.3) is 10.0 Å². The number of hydrogen-bond donors (Lipinski definition) is 1. The lowest BCUT2D eigenvalue weighted by Gasteiger charge is -2.13. The van der Waals surface area contributed by atoms with E-state index in [9.17, 15) is 8.42 Å². The maximum atomic E-state index is 12.1. The predicted octanol–water partition coefficient (Wildman–Crippen LogP) is 1.05. The molecule has 1 aromatic rings. The molecule has 1 aromatic heterocycles. The van der Waals surface area contributed by atoms with Gasteiger partial charge >= 0.3 is 0 Å². The van der Waals surface area contributed by atoms with Gasteiger partial charge in [0.15, 0.2) is 4.60 Å². The summed E-state index contributed by atoms with van der Waals surface area (Å²) in [5, 5.41) is 7.41. The van der Waals surface area contributed by atoms with Gasteiger partial charge in [-0.25, -0.2) is 17.8 Å². The van der Waals surface area contributed by atoms with Crippen molar-refractivity contribution in [3.05, 3.63) is 4.60 Å². The van der Waals surface area contributed by atoms with E-state index in [-0.39, 0.29) is 15.0 Å². The zero-order valence-corrected chi connectivity index (χ0v) is 12.2. The van der Waals surface area contributed by atoms with E-state index in [4.69, 9.17) is 0 Å². The van der Waals surface area contributed by atoms with Crippen LogP contribution < -0.4 is 4.72 Å². The molecule has 17 heavy (non-hydrogen) atoms. The van der Waals surface area contributed by atoms with Crippen LogP contribution in [0.4, 0.5) is 0 Å². The number of aromatic nitrogens is 3. The fourth-order valence-electron chi connectivity index (χ4n) is 1.76. The minimum Gasteiger partial charge on any atom is -0.235 e. The molecular formula is C9H15BrN4O2S. The first-order valence-corrected chi connectivity index (χ1v) is 7.73. The van der Waals surface area contributed by atoms with Gasteiger partial charge in [-0.05, 0) is 40.6 Å². The quantitative estimate of drug-likeness (QED) is 0.878. The Morgan fingerprint density at radius 1 is 1.53 bits per heavy atom. The molecule has 6 nitrogen and oxygen atoms in total. The minimum atomic E-state index is -3.54. The van der Waals surface area contributed by atoms with Crippen LogP contribution in [-0.4, -0.2) is 30.0 Å². The summed E-state index contributed by atoms with van der Waals surface area (Å²) in [5.41, 5.74) is 0.172. The lowest BCUT2D eigenvalue weighted by atomic mass is 10.1. The van der Waals surface area contributed by atoms with E-state index in [1.54, 1.807) is 7.05 Å². The van der Waals surface area contributed by atoms with Crippen LogP contribution in [0.1, 0.15) is 26.2 Å². The standard InChI is InChI=1S/C9H15BrN4O2S/c1-3-9(4-5-9)6-11-17(15,16)8-7(10)12-13-14(8)2/h11H,3-6H2,1-2H3. The van der Waals surface area contributed by atoms with Crippen molar-refractivity contribution in [1.82, 2.24) is 19.7 Å². The van der Waals surface area contributed by atoms with Gasteiger partial charge in [-0.1, -0.05) is 12.1 Å². The molecule has 1 aliphatic rings. The van der Waals surface area contributed by atoms with Crippen molar-refractivity contribution in [2.75, 3.05) is 6.54 Å². The molecule has 2 rings (SSSR count). The monoisotopic (exact) mass is 322 g/mol. The zero-order valence-electron chi connectivity index (χ0n) is 9.77. The molecular weight excluding hydrogens is 308 g/mol. The summed E-state index contributed by atoms with van der Waals surface area (Å²) in [4.78, 5) is 0. The summed E-state index contributed by atoms with van der Waals surface area (Å²) in [7, 11) is -1.99. The smallest absolute Gasteiger partial charge is 0.235 e. The van der Waals surface area contributed by atoms with Crippen LogP contribution in [0.25, 0.3) is 0 Å². The first-order chi connectivity index (χ1) is 7.90. The fraction of sp³-hybridized carbons (Fsp3) is 0.778. The Bertz CT molecular complexity index is 502. The Hall–Kier alpha value is -0.470. The number of rotatable bonds is 5. The summed E-state index contributed by atoms with van der Waals surface area (Å²) in [5.74, 6) is 0. The predicted molar refractivity (Wildman–Crippen MR) is 65.8 cm³/mol. The largest absolute Gasteiger partial charge is 0.260 e. The van der Waals surface area contributed by atoms with Crippen LogP contribution >= 0.6 is 15.9 Å². The molecule has 0 spiro atoms. The van der Waals surface area contributed by atoms with Crippen molar-refractivity contribution < 1.29 is 8.42 Å². The molecule has 8 heteroatoms. The summed E-state index contributed by atoms with van der Waals surface area (Å²) in [6.07, 6.45) is 3.19. The normalized spacial score (nSPS) is 18.3. The SMILES string of the molecule is CCC1(CNS(=O)(=O)c2c(Br)nnn2C)CC1. The summed E-state index contributed by atoms with van der Waals surface area (Å²) >= 11 is 3.09. The summed E-state index contributed by atoms with van der Waals surface area (Å²) in [6.45, 7) is 2.58. The minimum absolute atomic E-state index is 0.0735. The second-order valence-corrected chi connectivity index (χ2v) is 6.92. The van der Waals surface area contributed by atoms with E-state index in [1.165, 1.54) is 4.68 Å². The van der Waals surface area contributed by atoms with Gasteiger partial charge in [-0.15, -0.1) is 5.10 Å². The molecule has 1 fully saturated rings. The zero-order chi connectivity index (χ0) is 12.7. The van der Waals surface area contributed by atoms with E-state index in [1.807, 2.05) is 0 Å². The Morgan fingerprint density at radius 2 is 2.18 bits per heavy atom. The molecule has 0 amide bonds. The molecule has 1 aliphatic carbocycles. The molecule has 1 saturated carbocycles. The maximum absolute atomic E-state index is 12.1. The van der Waals surface area contributed by atoms with Crippen LogP contribution in [0.15, 0.2) is 9.63 Å². The van der Waals surface area contributed by atoms with Crippen LogP contribution in [0.3, 0.4) is 0 Å². The van der Waals surface area contributed by atoms with Crippen molar-refractivity contribution in [2.24, 2.45) is 12.5 Å². The van der Waals surface area contributed by atoms with Crippen molar-refractivity contribution in [1.29, 1.82) is 0 Å². The van der Waals surface area contributed by atoms with E-state index in [0.717, 1.165) is 19.3 Å². The third-order valence-electron chi connectivity index (χ3n) is 3.34. The van der Waals surface area contributed by atoms with E-state index in [2.05, 4.69) is 37.9 Å². The summed E-state index contributed by atoms with van der Waals surface area (Å²) < 4.78 is 28.3. The highest BCUT2D eigenvalue weighted by Crippen LogP contribution is 2.48. The molecule has 1 N–H and O–H groups in total. The summed E-state index contributed by atoms with van der Waals surface area (Å²) in [6, 6.07) is 0. The van der Waals surface area contributed by atoms with Crippen molar-refractivity contribution in [3.63, 3.8) is 0 Å². The Labute approximate surface area is 109 Å². The van der Waals surface area contributed by atoms with Gasteiger partial charge in [0.1, 0.15) is 0 Å². The van der Waals surface area contributed by atoms with Crippen LogP contribution in [0.5, 0.6) is 0 Å². The topological polar surface area (TPSA) is 76.9 Å². The third kappa shape index (κ3) is 2.53. The van der Waals surface area contributed by atoms with Gasteiger partial charge in [0, 0.05) is 13.6 Å². The maximum Gasteiger partial charge on any atom is 0.260 e. The van der Waals surface area contributed by atoms with E-state index < -0.39 is 10.0 Å². The second-order valence-electron chi connectivity index (χ2n) is 4.49. The first-order valence-electron chi connectivity index (χ1n) is 5.45. The number of halogens is 1. The highest BCUT2D eigenvalue weighted by molar-refractivity contribution is 9.10. The average molecular weight is 323 g/mol. The second kappa shape index (κ2) is 4.33. The molecule has 96 valence electrons. The van der Waals surface area contributed by atoms with E-state index in [0.29, 0.717) is 6.54 Å². The number of aryl methyl sites for hydroxylation is 1. The number of hydrogen-bond acceptors (Lipinski definition) is 4. The molecule has 0 saturated heterocycles. The average Bonchev–Trinajstić information content (AvgIpc) is 2.97. The number of nitrogens with one attached hydrogen (secondary N) is 1. The van der Waals surface area contributed by atoms with Gasteiger partial charge < -0.3 is 0 Å². The van der Waals surface area contributed by atoms with Gasteiger partial charge in [-0.3, -0.25) is 0 Å². The van der Waals surface area contributed by atoms with Gasteiger partial charge in [0.2, 0.25) is 5.03 Å². The third-order valence-corrected chi connectivity index (χ3v) is 5.62. The highest BCUT2D eigenvalue weighted by Gasteiger charge is 2.41.